The molecule has 1 atom stereocenters. The van der Waals surface area contributed by atoms with Gasteiger partial charge in [-0.3, -0.25) is 9.59 Å². The Morgan fingerprint density at radius 2 is 1.64 bits per heavy atom. The summed E-state index contributed by atoms with van der Waals surface area (Å²) in [7, 11) is 0. The van der Waals surface area contributed by atoms with E-state index in [4.69, 9.17) is 0 Å². The van der Waals surface area contributed by atoms with Gasteiger partial charge in [0.15, 0.2) is 11.4 Å². The number of aliphatic hydroxyl groups is 1. The molecule has 5 rings (SSSR count). The van der Waals surface area contributed by atoms with E-state index in [1.54, 1.807) is 11.0 Å². The van der Waals surface area contributed by atoms with E-state index < -0.39 is 11.5 Å². The number of anilines is 1. The minimum Gasteiger partial charge on any atom is -0.375 e. The zero-order valence-corrected chi connectivity index (χ0v) is 18.8. The van der Waals surface area contributed by atoms with E-state index >= 15 is 0 Å². The summed E-state index contributed by atoms with van der Waals surface area (Å²) in [6.45, 7) is 0.500. The molecule has 4 heteroatoms. The third-order valence-electron chi connectivity index (χ3n) is 7.02. The lowest BCUT2D eigenvalue weighted by Crippen LogP contribution is -2.42. The van der Waals surface area contributed by atoms with Crippen molar-refractivity contribution in [2.24, 2.45) is 0 Å². The number of benzene rings is 3. The molecular weight excluding hydrogens is 410 g/mol. The van der Waals surface area contributed by atoms with Gasteiger partial charge in [0.05, 0.1) is 12.1 Å². The first kappa shape index (κ1) is 21.6. The Labute approximate surface area is 194 Å². The molecule has 3 aromatic rings. The highest BCUT2D eigenvalue weighted by Crippen LogP contribution is 2.43. The van der Waals surface area contributed by atoms with Crippen LogP contribution in [0.5, 0.6) is 0 Å². The van der Waals surface area contributed by atoms with Crippen LogP contribution in [0.4, 0.5) is 5.69 Å². The van der Waals surface area contributed by atoms with Gasteiger partial charge in [0.2, 0.25) is 0 Å². The maximum atomic E-state index is 13.4. The molecule has 0 aromatic heterocycles. The zero-order valence-electron chi connectivity index (χ0n) is 18.8. The Morgan fingerprint density at radius 3 is 2.45 bits per heavy atom. The first-order chi connectivity index (χ1) is 16.1. The van der Waals surface area contributed by atoms with Crippen molar-refractivity contribution in [2.75, 3.05) is 11.4 Å². The topological polar surface area (TPSA) is 57.6 Å². The molecule has 1 heterocycles. The molecular formula is C29H29NO3. The van der Waals surface area contributed by atoms with E-state index in [0.717, 1.165) is 32.1 Å². The van der Waals surface area contributed by atoms with Gasteiger partial charge >= 0.3 is 0 Å². The van der Waals surface area contributed by atoms with Gasteiger partial charge in [-0.15, -0.1) is 0 Å². The summed E-state index contributed by atoms with van der Waals surface area (Å²) in [6, 6.07) is 23.3. The SMILES string of the molecule is O=C(C[C@@]1(O)C(=O)N(CCCc2ccccc2)c2ccccc21)c1ccc2c(c1)CCCC2. The predicted octanol–water partition coefficient (Wildman–Crippen LogP) is 5.01. The molecule has 0 saturated heterocycles. The van der Waals surface area contributed by atoms with E-state index in [1.807, 2.05) is 54.6 Å². The smallest absolute Gasteiger partial charge is 0.264 e. The fraction of sp³-hybridized carbons (Fsp3) is 0.310. The Morgan fingerprint density at radius 1 is 0.909 bits per heavy atom. The second-order valence-electron chi connectivity index (χ2n) is 9.21. The lowest BCUT2D eigenvalue weighted by molar-refractivity contribution is -0.135. The van der Waals surface area contributed by atoms with Crippen molar-refractivity contribution in [1.29, 1.82) is 0 Å². The van der Waals surface area contributed by atoms with Crippen LogP contribution in [0.25, 0.3) is 0 Å². The van der Waals surface area contributed by atoms with Crippen LogP contribution in [-0.2, 0) is 29.7 Å². The van der Waals surface area contributed by atoms with Crippen molar-refractivity contribution in [3.63, 3.8) is 0 Å². The average Bonchev–Trinajstić information content (AvgIpc) is 3.06. The molecule has 1 N–H and O–H groups in total. The van der Waals surface area contributed by atoms with Crippen LogP contribution >= 0.6 is 0 Å². The molecule has 1 aliphatic heterocycles. The standard InChI is InChI=1S/C29H29NO3/c31-27(24-17-16-22-12-4-5-13-23(22)19-24)20-29(33)25-14-6-7-15-26(25)30(28(29)32)18-8-11-21-9-2-1-3-10-21/h1-3,6-7,9-10,14-17,19,33H,4-5,8,11-13,18,20H2/t29-/m0/s1. The Kier molecular flexibility index (Phi) is 5.86. The number of nitrogens with zero attached hydrogens (tertiary/aromatic N) is 1. The number of ketones is 1. The third kappa shape index (κ3) is 4.11. The molecule has 33 heavy (non-hydrogen) atoms. The molecule has 168 valence electrons. The van der Waals surface area contributed by atoms with Crippen molar-refractivity contribution in [1.82, 2.24) is 0 Å². The van der Waals surface area contributed by atoms with Gasteiger partial charge in [-0.25, -0.2) is 0 Å². The maximum Gasteiger partial charge on any atom is 0.264 e. The number of rotatable bonds is 7. The van der Waals surface area contributed by atoms with Crippen molar-refractivity contribution >= 4 is 17.4 Å². The van der Waals surface area contributed by atoms with E-state index in [0.29, 0.717) is 23.4 Å². The Bertz CT molecular complexity index is 1190. The highest BCUT2D eigenvalue weighted by molar-refractivity contribution is 6.10. The Balaban J connectivity index is 1.35. The van der Waals surface area contributed by atoms with Crippen LogP contribution in [0.2, 0.25) is 0 Å². The molecule has 2 aliphatic rings. The van der Waals surface area contributed by atoms with Crippen LogP contribution in [0, 0.1) is 0 Å². The molecule has 0 fully saturated rings. The van der Waals surface area contributed by atoms with Gasteiger partial charge in [0.1, 0.15) is 0 Å². The number of carbonyl (C=O) groups excluding carboxylic acids is 2. The van der Waals surface area contributed by atoms with Gasteiger partial charge < -0.3 is 10.0 Å². The zero-order chi connectivity index (χ0) is 22.8. The molecule has 0 radical (unpaired) electrons. The molecule has 0 unspecified atom stereocenters. The predicted molar refractivity (Wildman–Crippen MR) is 129 cm³/mol. The summed E-state index contributed by atoms with van der Waals surface area (Å²) in [5.74, 6) is -0.594. The Hall–Kier alpha value is -3.24. The van der Waals surface area contributed by atoms with Gasteiger partial charge in [0, 0.05) is 17.7 Å². The summed E-state index contributed by atoms with van der Waals surface area (Å²) in [5.41, 5.74) is 3.74. The highest BCUT2D eigenvalue weighted by atomic mass is 16.3. The van der Waals surface area contributed by atoms with Gasteiger partial charge in [-0.1, -0.05) is 60.7 Å². The monoisotopic (exact) mass is 439 g/mol. The van der Waals surface area contributed by atoms with Crippen LogP contribution in [0.3, 0.4) is 0 Å². The maximum absolute atomic E-state index is 13.4. The number of carbonyl (C=O) groups is 2. The second-order valence-corrected chi connectivity index (χ2v) is 9.21. The first-order valence-electron chi connectivity index (χ1n) is 11.9. The number of aryl methyl sites for hydroxylation is 3. The number of Topliss-reactive ketones (excluding diaryl/α,β-unsaturated/α-hetero) is 1. The van der Waals surface area contributed by atoms with Crippen molar-refractivity contribution < 1.29 is 14.7 Å². The van der Waals surface area contributed by atoms with Gasteiger partial charge in [0.25, 0.3) is 5.91 Å². The summed E-state index contributed by atoms with van der Waals surface area (Å²) in [6.07, 6.45) is 5.74. The molecule has 0 spiro atoms. The van der Waals surface area contributed by atoms with E-state index in [-0.39, 0.29) is 12.2 Å². The van der Waals surface area contributed by atoms with Crippen LogP contribution < -0.4 is 4.90 Å². The minimum absolute atomic E-state index is 0.194. The van der Waals surface area contributed by atoms with Gasteiger partial charge in [-0.2, -0.15) is 0 Å². The van der Waals surface area contributed by atoms with Gasteiger partial charge in [-0.05, 0) is 67.3 Å². The summed E-state index contributed by atoms with van der Waals surface area (Å²) in [5, 5.41) is 11.6. The lowest BCUT2D eigenvalue weighted by Gasteiger charge is -2.23. The lowest BCUT2D eigenvalue weighted by atomic mass is 9.85. The average molecular weight is 440 g/mol. The number of hydrogen-bond acceptors (Lipinski definition) is 3. The van der Waals surface area contributed by atoms with Crippen LogP contribution in [0.15, 0.2) is 72.8 Å². The van der Waals surface area contributed by atoms with Crippen molar-refractivity contribution in [3.05, 3.63) is 101 Å². The summed E-state index contributed by atoms with van der Waals surface area (Å²) in [4.78, 5) is 28.3. The fourth-order valence-corrected chi connectivity index (χ4v) is 5.23. The number of amides is 1. The third-order valence-corrected chi connectivity index (χ3v) is 7.02. The van der Waals surface area contributed by atoms with E-state index in [2.05, 4.69) is 12.1 Å². The van der Waals surface area contributed by atoms with Crippen LogP contribution in [0.1, 0.15) is 58.3 Å². The largest absolute Gasteiger partial charge is 0.375 e. The van der Waals surface area contributed by atoms with Crippen molar-refractivity contribution in [2.45, 2.75) is 50.5 Å². The molecule has 0 saturated carbocycles. The summed E-state index contributed by atoms with van der Waals surface area (Å²) < 4.78 is 0. The highest BCUT2D eigenvalue weighted by Gasteiger charge is 2.50. The normalized spacial score (nSPS) is 19.3. The minimum atomic E-state index is -1.82. The van der Waals surface area contributed by atoms with Crippen molar-refractivity contribution in [3.8, 4) is 0 Å². The number of fused-ring (bicyclic) bond motifs is 2. The molecule has 4 nitrogen and oxygen atoms in total. The first-order valence-corrected chi connectivity index (χ1v) is 11.9. The fourth-order valence-electron chi connectivity index (χ4n) is 5.23. The second kappa shape index (κ2) is 8.95. The number of para-hydroxylation sites is 1. The number of hydrogen-bond donors (Lipinski definition) is 1. The van der Waals surface area contributed by atoms with Crippen LogP contribution in [-0.4, -0.2) is 23.3 Å². The molecule has 1 aliphatic carbocycles. The molecule has 1 amide bonds. The quantitative estimate of drug-likeness (QED) is 0.527. The molecule has 0 bridgehead atoms. The summed E-state index contributed by atoms with van der Waals surface area (Å²) >= 11 is 0. The van der Waals surface area contributed by atoms with E-state index in [9.17, 15) is 14.7 Å². The van der Waals surface area contributed by atoms with E-state index in [1.165, 1.54) is 23.1 Å². The molecule has 3 aromatic carbocycles.